The number of hydrogen-bond donors (Lipinski definition) is 1. The lowest BCUT2D eigenvalue weighted by Gasteiger charge is -2.19. The number of anilines is 2. The van der Waals surface area contributed by atoms with Crippen LogP contribution in [0.1, 0.15) is 30.4 Å². The fourth-order valence-electron chi connectivity index (χ4n) is 4.47. The Morgan fingerprint density at radius 3 is 2.59 bits per heavy atom. The Labute approximate surface area is 202 Å². The first-order valence-electron chi connectivity index (χ1n) is 11.7. The summed E-state index contributed by atoms with van der Waals surface area (Å²) in [6.45, 7) is 6.52. The zero-order valence-electron chi connectivity index (χ0n) is 19.5. The molecule has 5 rings (SSSR count). The lowest BCUT2D eigenvalue weighted by molar-refractivity contribution is -0.116. The molecule has 0 unspecified atom stereocenters. The van der Waals surface area contributed by atoms with Gasteiger partial charge < -0.3 is 10.2 Å². The Morgan fingerprint density at radius 1 is 1.09 bits per heavy atom. The number of carbonyl (C=O) groups is 1. The van der Waals surface area contributed by atoms with E-state index in [-0.39, 0.29) is 24.4 Å². The van der Waals surface area contributed by atoms with E-state index in [0.29, 0.717) is 5.39 Å². The number of aromatic nitrogens is 2. The first-order valence-corrected chi connectivity index (χ1v) is 12.6. The summed E-state index contributed by atoms with van der Waals surface area (Å²) in [4.78, 5) is 33.5. The molecule has 0 spiro atoms. The van der Waals surface area contributed by atoms with Gasteiger partial charge >= 0.3 is 0 Å². The van der Waals surface area contributed by atoms with Gasteiger partial charge in [-0.25, -0.2) is 4.98 Å². The third-order valence-corrected chi connectivity index (χ3v) is 7.34. The molecule has 0 radical (unpaired) electrons. The minimum atomic E-state index is -0.118. The molecular formula is C27H28N4O2S. The quantitative estimate of drug-likeness (QED) is 0.410. The van der Waals surface area contributed by atoms with E-state index in [1.807, 2.05) is 49.6 Å². The highest BCUT2D eigenvalue weighted by Gasteiger charge is 2.16. The second-order valence-electron chi connectivity index (χ2n) is 8.93. The molecule has 0 aliphatic carbocycles. The lowest BCUT2D eigenvalue weighted by Crippen LogP contribution is -2.23. The zero-order chi connectivity index (χ0) is 23.7. The molecule has 1 N–H and O–H groups in total. The van der Waals surface area contributed by atoms with Crippen LogP contribution in [0.2, 0.25) is 0 Å². The number of nitrogens with zero attached hydrogens (tertiary/aromatic N) is 3. The van der Waals surface area contributed by atoms with Gasteiger partial charge in [-0.1, -0.05) is 29.8 Å². The second kappa shape index (κ2) is 9.43. The van der Waals surface area contributed by atoms with Gasteiger partial charge in [-0.2, -0.15) is 0 Å². The Morgan fingerprint density at radius 2 is 1.85 bits per heavy atom. The van der Waals surface area contributed by atoms with E-state index in [0.717, 1.165) is 40.3 Å². The number of nitrogens with one attached hydrogen (secondary N) is 1. The molecule has 1 saturated heterocycles. The van der Waals surface area contributed by atoms with E-state index < -0.39 is 0 Å². The van der Waals surface area contributed by atoms with E-state index in [2.05, 4.69) is 27.3 Å². The molecule has 0 saturated carbocycles. The molecule has 7 heteroatoms. The van der Waals surface area contributed by atoms with Gasteiger partial charge in [-0.15, -0.1) is 11.3 Å². The fourth-order valence-corrected chi connectivity index (χ4v) is 5.37. The van der Waals surface area contributed by atoms with Crippen molar-refractivity contribution < 1.29 is 4.79 Å². The van der Waals surface area contributed by atoms with Crippen molar-refractivity contribution in [2.45, 2.75) is 39.7 Å². The largest absolute Gasteiger partial charge is 0.372 e. The highest BCUT2D eigenvalue weighted by atomic mass is 32.1. The number of fused-ring (bicyclic) bond motifs is 1. The normalized spacial score (nSPS) is 13.5. The SMILES string of the molecule is Cc1ccc(-c2csc3ncn(CCC(=O)Nc4ccc(N5CCCC5)cc4C)c(=O)c23)cc1. The lowest BCUT2D eigenvalue weighted by atomic mass is 10.1. The molecule has 0 bridgehead atoms. The molecule has 1 amide bonds. The maximum Gasteiger partial charge on any atom is 0.262 e. The summed E-state index contributed by atoms with van der Waals surface area (Å²) < 4.78 is 1.54. The van der Waals surface area contributed by atoms with E-state index in [1.165, 1.54) is 40.0 Å². The maximum atomic E-state index is 13.2. The van der Waals surface area contributed by atoms with Crippen LogP contribution in [0.25, 0.3) is 21.3 Å². The van der Waals surface area contributed by atoms with Crippen molar-refractivity contribution in [1.29, 1.82) is 0 Å². The number of hydrogen-bond acceptors (Lipinski definition) is 5. The van der Waals surface area contributed by atoms with Crippen molar-refractivity contribution in [3.63, 3.8) is 0 Å². The van der Waals surface area contributed by atoms with Crippen molar-refractivity contribution in [3.05, 3.63) is 75.7 Å². The first kappa shape index (κ1) is 22.3. The van der Waals surface area contributed by atoms with Gasteiger partial charge in [-0.3, -0.25) is 14.2 Å². The molecule has 2 aromatic heterocycles. The molecule has 1 fully saturated rings. The third kappa shape index (κ3) is 4.48. The number of thiophene rings is 1. The van der Waals surface area contributed by atoms with Crippen LogP contribution in [0.5, 0.6) is 0 Å². The average Bonchev–Trinajstić information content (AvgIpc) is 3.51. The van der Waals surface area contributed by atoms with Crippen LogP contribution in [0.4, 0.5) is 11.4 Å². The standard InChI is InChI=1S/C27H28N4O2S/c1-18-5-7-20(8-6-18)22-16-34-26-25(22)27(33)31(17-28-26)14-11-24(32)29-23-10-9-21(15-19(23)2)30-12-3-4-13-30/h5-10,15-17H,3-4,11-14H2,1-2H3,(H,29,32). The Bertz CT molecular complexity index is 1400. The second-order valence-corrected chi connectivity index (χ2v) is 9.79. The van der Waals surface area contributed by atoms with Crippen LogP contribution < -0.4 is 15.8 Å². The number of carbonyl (C=O) groups excluding carboxylic acids is 1. The topological polar surface area (TPSA) is 67.2 Å². The summed E-state index contributed by atoms with van der Waals surface area (Å²) in [6.07, 6.45) is 4.21. The van der Waals surface area contributed by atoms with Gasteiger partial charge in [0.05, 0.1) is 11.7 Å². The molecule has 34 heavy (non-hydrogen) atoms. The van der Waals surface area contributed by atoms with E-state index in [4.69, 9.17) is 0 Å². The summed E-state index contributed by atoms with van der Waals surface area (Å²) >= 11 is 1.47. The van der Waals surface area contributed by atoms with Gasteiger partial charge in [-0.05, 0) is 56.0 Å². The number of rotatable bonds is 6. The summed E-state index contributed by atoms with van der Waals surface area (Å²) in [5.41, 5.74) is 6.02. The first-order chi connectivity index (χ1) is 16.5. The molecule has 6 nitrogen and oxygen atoms in total. The van der Waals surface area contributed by atoms with Crippen LogP contribution in [-0.2, 0) is 11.3 Å². The van der Waals surface area contributed by atoms with Gasteiger partial charge in [0.15, 0.2) is 0 Å². The molecule has 174 valence electrons. The van der Waals surface area contributed by atoms with E-state index in [1.54, 1.807) is 6.33 Å². The Balaban J connectivity index is 1.30. The molecular weight excluding hydrogens is 444 g/mol. The van der Waals surface area contributed by atoms with Gasteiger partial charge in [0, 0.05) is 48.4 Å². The minimum absolute atomic E-state index is 0.110. The maximum absolute atomic E-state index is 13.2. The molecule has 1 aliphatic heterocycles. The van der Waals surface area contributed by atoms with Crippen molar-refractivity contribution in [2.75, 3.05) is 23.3 Å². The van der Waals surface area contributed by atoms with Crippen molar-refractivity contribution in [1.82, 2.24) is 9.55 Å². The number of benzene rings is 2. The smallest absolute Gasteiger partial charge is 0.262 e. The summed E-state index contributed by atoms with van der Waals surface area (Å²) in [7, 11) is 0. The molecule has 0 atom stereocenters. The van der Waals surface area contributed by atoms with Crippen LogP contribution in [0.3, 0.4) is 0 Å². The molecule has 2 aromatic carbocycles. The van der Waals surface area contributed by atoms with Crippen molar-refractivity contribution in [3.8, 4) is 11.1 Å². The minimum Gasteiger partial charge on any atom is -0.372 e. The highest BCUT2D eigenvalue weighted by molar-refractivity contribution is 7.17. The number of aryl methyl sites for hydroxylation is 3. The van der Waals surface area contributed by atoms with Crippen molar-refractivity contribution >= 4 is 38.8 Å². The zero-order valence-corrected chi connectivity index (χ0v) is 20.3. The van der Waals surface area contributed by atoms with Crippen LogP contribution in [-0.4, -0.2) is 28.5 Å². The Hall–Kier alpha value is -3.45. The van der Waals surface area contributed by atoms with Gasteiger partial charge in [0.2, 0.25) is 5.91 Å². The summed E-state index contributed by atoms with van der Waals surface area (Å²) in [5.74, 6) is -0.118. The third-order valence-electron chi connectivity index (χ3n) is 6.46. The number of amides is 1. The molecule has 1 aliphatic rings. The molecule has 4 aromatic rings. The van der Waals surface area contributed by atoms with Gasteiger partial charge in [0.1, 0.15) is 4.83 Å². The predicted octanol–water partition coefficient (Wildman–Crippen LogP) is 5.37. The average molecular weight is 473 g/mol. The van der Waals surface area contributed by atoms with Crippen LogP contribution >= 0.6 is 11.3 Å². The Kier molecular flexibility index (Phi) is 6.20. The van der Waals surface area contributed by atoms with Crippen LogP contribution in [0.15, 0.2) is 59.0 Å². The summed E-state index contributed by atoms with van der Waals surface area (Å²) in [6, 6.07) is 14.3. The van der Waals surface area contributed by atoms with Crippen LogP contribution in [0, 0.1) is 13.8 Å². The summed E-state index contributed by atoms with van der Waals surface area (Å²) in [5, 5.41) is 5.60. The monoisotopic (exact) mass is 472 g/mol. The highest BCUT2D eigenvalue weighted by Crippen LogP contribution is 2.31. The predicted molar refractivity (Wildman–Crippen MR) is 140 cm³/mol. The van der Waals surface area contributed by atoms with E-state index >= 15 is 0 Å². The van der Waals surface area contributed by atoms with Crippen molar-refractivity contribution in [2.24, 2.45) is 0 Å². The fraction of sp³-hybridized carbons (Fsp3) is 0.296. The molecule has 3 heterocycles. The van der Waals surface area contributed by atoms with E-state index in [9.17, 15) is 9.59 Å². The van der Waals surface area contributed by atoms with Gasteiger partial charge in [0.25, 0.3) is 5.56 Å².